The zero-order valence-electron chi connectivity index (χ0n) is 21.5. The molecule has 0 spiro atoms. The Morgan fingerprint density at radius 3 is 2.21 bits per heavy atom. The van der Waals surface area contributed by atoms with E-state index < -0.39 is 11.2 Å². The molecule has 3 aromatic carbocycles. The fraction of sp³-hybridized carbons (Fsp3) is 0.387. The topological polar surface area (TPSA) is 53.0 Å². The van der Waals surface area contributed by atoms with E-state index in [1.54, 1.807) is 6.07 Å². The van der Waals surface area contributed by atoms with Crippen LogP contribution in [0, 0.1) is 0 Å². The van der Waals surface area contributed by atoms with Crippen LogP contribution in [0.25, 0.3) is 0 Å². The molecule has 1 atom stereocenters. The van der Waals surface area contributed by atoms with Crippen LogP contribution in [0.4, 0.5) is 0 Å². The van der Waals surface area contributed by atoms with E-state index in [0.717, 1.165) is 43.6 Å². The van der Waals surface area contributed by atoms with Gasteiger partial charge in [-0.15, -0.1) is 0 Å². The van der Waals surface area contributed by atoms with Crippen LogP contribution in [-0.2, 0) is 15.9 Å². The van der Waals surface area contributed by atoms with Gasteiger partial charge < -0.3 is 19.6 Å². The summed E-state index contributed by atoms with van der Waals surface area (Å²) in [5, 5.41) is 12.2. The molecule has 2 fully saturated rings. The van der Waals surface area contributed by atoms with Gasteiger partial charge in [0.25, 0.3) is 5.91 Å². The highest BCUT2D eigenvalue weighted by atomic mass is 35.5. The number of aliphatic hydroxyl groups is 1. The number of piperidine rings is 2. The number of ether oxygens (including phenoxy) is 1. The first-order valence-electron chi connectivity index (χ1n) is 13.3. The molecule has 0 aromatic heterocycles. The lowest BCUT2D eigenvalue weighted by molar-refractivity contribution is -0.0989. The van der Waals surface area contributed by atoms with Gasteiger partial charge in [0.05, 0.1) is 28.8 Å². The number of amides is 1. The first-order valence-corrected chi connectivity index (χ1v) is 14.1. The number of hydrogen-bond donors (Lipinski definition) is 1. The summed E-state index contributed by atoms with van der Waals surface area (Å²) in [5.41, 5.74) is 1.16. The Morgan fingerprint density at radius 2 is 1.53 bits per heavy atom. The van der Waals surface area contributed by atoms with Gasteiger partial charge in [0, 0.05) is 31.7 Å². The fourth-order valence-corrected chi connectivity index (χ4v) is 6.03. The highest BCUT2D eigenvalue weighted by Crippen LogP contribution is 2.39. The van der Waals surface area contributed by atoms with Crippen molar-refractivity contribution in [1.29, 1.82) is 0 Å². The fourth-order valence-electron chi connectivity index (χ4n) is 5.73. The van der Waals surface area contributed by atoms with Crippen LogP contribution < -0.4 is 0 Å². The van der Waals surface area contributed by atoms with Gasteiger partial charge in [-0.1, -0.05) is 77.8 Å². The Labute approximate surface area is 234 Å². The van der Waals surface area contributed by atoms with Crippen molar-refractivity contribution >= 4 is 29.1 Å². The van der Waals surface area contributed by atoms with E-state index in [1.807, 2.05) is 77.7 Å². The molecule has 1 amide bonds. The summed E-state index contributed by atoms with van der Waals surface area (Å²) in [7, 11) is 0. The van der Waals surface area contributed by atoms with Gasteiger partial charge in [-0.2, -0.15) is 0 Å². The first kappa shape index (κ1) is 27.2. The van der Waals surface area contributed by atoms with Crippen LogP contribution >= 0.6 is 23.2 Å². The van der Waals surface area contributed by atoms with Crippen molar-refractivity contribution in [3.63, 3.8) is 0 Å². The van der Waals surface area contributed by atoms with Crippen LogP contribution in [0.15, 0.2) is 78.9 Å². The van der Waals surface area contributed by atoms with Crippen LogP contribution in [0.1, 0.15) is 47.2 Å². The molecule has 0 saturated carbocycles. The smallest absolute Gasteiger partial charge is 0.253 e. The minimum absolute atomic E-state index is 0.00886. The second-order valence-electron chi connectivity index (χ2n) is 10.4. The Balaban J connectivity index is 1.28. The molecule has 0 aliphatic carbocycles. The summed E-state index contributed by atoms with van der Waals surface area (Å²) in [6, 6.07) is 25.0. The number of hydrogen-bond acceptors (Lipinski definition) is 4. The van der Waals surface area contributed by atoms with Gasteiger partial charge in [0.2, 0.25) is 0 Å². The minimum atomic E-state index is -0.776. The molecule has 3 aromatic rings. The molecule has 1 unspecified atom stereocenters. The molecule has 1 N–H and O–H groups in total. The largest absolute Gasteiger partial charge is 0.385 e. The van der Waals surface area contributed by atoms with E-state index in [-0.39, 0.29) is 5.91 Å². The SMILES string of the molecule is O=C(c1ccccc1)N1CCCC(OCCN2CCC(O)(c3ccccc3)CC2)(c2ccc(Cl)c(Cl)c2)C1. The maximum Gasteiger partial charge on any atom is 0.253 e. The van der Waals surface area contributed by atoms with E-state index in [4.69, 9.17) is 27.9 Å². The lowest BCUT2D eigenvalue weighted by atomic mass is 9.84. The minimum Gasteiger partial charge on any atom is -0.385 e. The van der Waals surface area contributed by atoms with Gasteiger partial charge in [-0.05, 0) is 61.1 Å². The summed E-state index contributed by atoms with van der Waals surface area (Å²) in [5.74, 6) is 0.00886. The number of carbonyl (C=O) groups is 1. The number of halogens is 2. The highest BCUT2D eigenvalue weighted by molar-refractivity contribution is 6.42. The molecule has 5 nitrogen and oxygen atoms in total. The van der Waals surface area contributed by atoms with Crippen molar-refractivity contribution in [3.05, 3.63) is 106 Å². The standard InChI is InChI=1S/C31H34Cl2N2O3/c32-27-13-12-26(22-28(27)33)31(14-7-17-35(23-31)29(36)24-8-3-1-4-9-24)38-21-20-34-18-15-30(37,16-19-34)25-10-5-2-6-11-25/h1-6,8-13,22,37H,7,14-21,23H2. The molecule has 2 heterocycles. The monoisotopic (exact) mass is 552 g/mol. The molecule has 200 valence electrons. The lowest BCUT2D eigenvalue weighted by Gasteiger charge is -2.44. The maximum absolute atomic E-state index is 13.3. The number of benzene rings is 3. The molecule has 2 saturated heterocycles. The number of rotatable bonds is 7. The number of likely N-dealkylation sites (tertiary alicyclic amines) is 2. The van der Waals surface area contributed by atoms with Crippen LogP contribution in [-0.4, -0.2) is 60.1 Å². The second kappa shape index (κ2) is 11.8. The van der Waals surface area contributed by atoms with Gasteiger partial charge >= 0.3 is 0 Å². The van der Waals surface area contributed by atoms with E-state index >= 15 is 0 Å². The van der Waals surface area contributed by atoms with Crippen molar-refractivity contribution in [2.45, 2.75) is 36.9 Å². The Kier molecular flexibility index (Phi) is 8.41. The van der Waals surface area contributed by atoms with Crippen molar-refractivity contribution in [2.24, 2.45) is 0 Å². The van der Waals surface area contributed by atoms with Crippen molar-refractivity contribution in [3.8, 4) is 0 Å². The number of nitrogens with zero attached hydrogens (tertiary/aromatic N) is 2. The van der Waals surface area contributed by atoms with Gasteiger partial charge in [0.1, 0.15) is 5.60 Å². The van der Waals surface area contributed by atoms with Gasteiger partial charge in [-0.25, -0.2) is 0 Å². The zero-order valence-corrected chi connectivity index (χ0v) is 23.0. The molecule has 7 heteroatoms. The molecular formula is C31H34Cl2N2O3. The average Bonchev–Trinajstić information content (AvgIpc) is 2.96. The van der Waals surface area contributed by atoms with Crippen LogP contribution in [0.2, 0.25) is 10.0 Å². The Hall–Kier alpha value is -2.41. The van der Waals surface area contributed by atoms with Gasteiger partial charge in [0.15, 0.2) is 0 Å². The normalized spacial score (nSPS) is 21.8. The average molecular weight is 554 g/mol. The van der Waals surface area contributed by atoms with Crippen molar-refractivity contribution < 1.29 is 14.6 Å². The summed E-state index contributed by atoms with van der Waals surface area (Å²) in [6.45, 7) is 4.00. The Bertz CT molecular complexity index is 1230. The third-order valence-electron chi connectivity index (χ3n) is 7.99. The molecule has 0 radical (unpaired) electrons. The van der Waals surface area contributed by atoms with E-state index in [0.29, 0.717) is 48.1 Å². The molecule has 38 heavy (non-hydrogen) atoms. The summed E-state index contributed by atoms with van der Waals surface area (Å²) < 4.78 is 6.71. The predicted octanol–water partition coefficient (Wildman–Crippen LogP) is 6.13. The summed E-state index contributed by atoms with van der Waals surface area (Å²) in [6.07, 6.45) is 2.99. The third-order valence-corrected chi connectivity index (χ3v) is 8.73. The van der Waals surface area contributed by atoms with Crippen LogP contribution in [0.3, 0.4) is 0 Å². The first-order chi connectivity index (χ1) is 18.4. The quantitative estimate of drug-likeness (QED) is 0.383. The van der Waals surface area contributed by atoms with E-state index in [2.05, 4.69) is 4.90 Å². The van der Waals surface area contributed by atoms with E-state index in [9.17, 15) is 9.90 Å². The third kappa shape index (κ3) is 5.93. The molecule has 5 rings (SSSR count). The van der Waals surface area contributed by atoms with E-state index in [1.165, 1.54) is 0 Å². The summed E-state index contributed by atoms with van der Waals surface area (Å²) >= 11 is 12.7. The van der Waals surface area contributed by atoms with Crippen molar-refractivity contribution in [2.75, 3.05) is 39.3 Å². The zero-order chi connectivity index (χ0) is 26.6. The predicted molar refractivity (Wildman–Crippen MR) is 152 cm³/mol. The molecule has 2 aliphatic heterocycles. The second-order valence-corrected chi connectivity index (χ2v) is 11.2. The van der Waals surface area contributed by atoms with Gasteiger partial charge in [-0.3, -0.25) is 4.79 Å². The number of carbonyl (C=O) groups excluding carboxylic acids is 1. The Morgan fingerprint density at radius 1 is 0.842 bits per heavy atom. The molecular weight excluding hydrogens is 519 g/mol. The molecule has 0 bridgehead atoms. The maximum atomic E-state index is 13.3. The highest BCUT2D eigenvalue weighted by Gasteiger charge is 2.41. The van der Waals surface area contributed by atoms with Crippen molar-refractivity contribution in [1.82, 2.24) is 9.80 Å². The van der Waals surface area contributed by atoms with Crippen LogP contribution in [0.5, 0.6) is 0 Å². The summed E-state index contributed by atoms with van der Waals surface area (Å²) in [4.78, 5) is 17.6. The molecule has 2 aliphatic rings. The lowest BCUT2D eigenvalue weighted by Crippen LogP contribution is -2.51.